The van der Waals surface area contributed by atoms with Gasteiger partial charge in [0, 0.05) is 22.4 Å². The fourth-order valence-corrected chi connectivity index (χ4v) is 4.35. The summed E-state index contributed by atoms with van der Waals surface area (Å²) in [6, 6.07) is 7.58. The van der Waals surface area contributed by atoms with Crippen molar-refractivity contribution < 1.29 is 9.84 Å². The molecule has 0 saturated carbocycles. The Labute approximate surface area is 153 Å². The molecular weight excluding hydrogens is 334 g/mol. The van der Waals surface area contributed by atoms with E-state index in [1.54, 1.807) is 12.1 Å². The van der Waals surface area contributed by atoms with Crippen LogP contribution >= 0.6 is 11.6 Å². The van der Waals surface area contributed by atoms with Crippen molar-refractivity contribution >= 4 is 22.9 Å². The van der Waals surface area contributed by atoms with Crippen LogP contribution in [0.25, 0.3) is 16.7 Å². The van der Waals surface area contributed by atoms with Gasteiger partial charge in [0.2, 0.25) is 0 Å². The Balaban J connectivity index is 2.04. The van der Waals surface area contributed by atoms with Crippen molar-refractivity contribution in [3.63, 3.8) is 0 Å². The van der Waals surface area contributed by atoms with Gasteiger partial charge in [-0.2, -0.15) is 0 Å². The average Bonchev–Trinajstić information content (AvgIpc) is 2.55. The molecule has 2 aliphatic rings. The van der Waals surface area contributed by atoms with Crippen LogP contribution in [0.15, 0.2) is 30.3 Å². The molecule has 1 atom stereocenters. The first-order valence-corrected chi connectivity index (χ1v) is 9.03. The predicted molar refractivity (Wildman–Crippen MR) is 104 cm³/mol. The lowest BCUT2D eigenvalue weighted by Crippen LogP contribution is -2.32. The predicted octanol–water partition coefficient (Wildman–Crippen LogP) is 6.16. The highest BCUT2D eigenvalue weighted by Gasteiger charge is 2.34. The van der Waals surface area contributed by atoms with Crippen LogP contribution < -0.4 is 10.1 Å². The number of rotatable bonds is 1. The molecule has 2 aromatic carbocycles. The molecule has 2 aliphatic heterocycles. The third-order valence-electron chi connectivity index (χ3n) is 4.99. The average molecular weight is 356 g/mol. The molecule has 0 fully saturated rings. The van der Waals surface area contributed by atoms with Crippen LogP contribution in [-0.2, 0) is 0 Å². The number of anilines is 1. The third-order valence-corrected chi connectivity index (χ3v) is 5.37. The molecule has 2 aromatic rings. The minimum absolute atomic E-state index is 0.0376. The van der Waals surface area contributed by atoms with Crippen LogP contribution in [0.5, 0.6) is 11.5 Å². The van der Waals surface area contributed by atoms with Gasteiger partial charge in [-0.25, -0.2) is 0 Å². The van der Waals surface area contributed by atoms with Crippen molar-refractivity contribution in [2.45, 2.75) is 45.8 Å². The van der Waals surface area contributed by atoms with Crippen molar-refractivity contribution in [2.75, 3.05) is 5.32 Å². The first kappa shape index (κ1) is 16.3. The van der Waals surface area contributed by atoms with Gasteiger partial charge in [-0.3, -0.25) is 0 Å². The first-order chi connectivity index (χ1) is 11.8. The molecule has 3 nitrogen and oxygen atoms in total. The van der Waals surface area contributed by atoms with E-state index in [9.17, 15) is 5.11 Å². The van der Waals surface area contributed by atoms with Crippen molar-refractivity contribution in [1.82, 2.24) is 0 Å². The van der Waals surface area contributed by atoms with Crippen LogP contribution in [0, 0.1) is 0 Å². The van der Waals surface area contributed by atoms with Crippen molar-refractivity contribution in [2.24, 2.45) is 0 Å². The molecule has 130 valence electrons. The zero-order valence-corrected chi connectivity index (χ0v) is 15.7. The Kier molecular flexibility index (Phi) is 3.55. The van der Waals surface area contributed by atoms with E-state index >= 15 is 0 Å². The second kappa shape index (κ2) is 5.43. The maximum absolute atomic E-state index is 10.1. The number of fused-ring (bicyclic) bond motifs is 5. The number of hydrogen-bond acceptors (Lipinski definition) is 3. The molecule has 1 unspecified atom stereocenters. The molecule has 4 rings (SSSR count). The highest BCUT2D eigenvalue weighted by Crippen LogP contribution is 2.53. The standard InChI is InChI=1S/C21H22ClNO2/c1-5-15-18-12(19-16(25-15)9-8-14(24)20(19)22)6-7-13-17(18)11(2)10-21(3,4)23-13/h6-10,15,23-24H,5H2,1-4H3. The lowest BCUT2D eigenvalue weighted by molar-refractivity contribution is 0.197. The molecule has 0 radical (unpaired) electrons. The maximum Gasteiger partial charge on any atom is 0.135 e. The van der Waals surface area contributed by atoms with Gasteiger partial charge >= 0.3 is 0 Å². The highest BCUT2D eigenvalue weighted by atomic mass is 35.5. The number of nitrogens with one attached hydrogen (secondary N) is 1. The number of phenolic OH excluding ortho intramolecular Hbond substituents is 1. The van der Waals surface area contributed by atoms with E-state index in [0.29, 0.717) is 5.02 Å². The molecular formula is C21H22ClNO2. The second-order valence-electron chi connectivity index (χ2n) is 7.41. The van der Waals surface area contributed by atoms with Crippen LogP contribution in [0.4, 0.5) is 5.69 Å². The van der Waals surface area contributed by atoms with E-state index < -0.39 is 0 Å². The van der Waals surface area contributed by atoms with Gasteiger partial charge in [0.25, 0.3) is 0 Å². The quantitative estimate of drug-likeness (QED) is 0.643. The molecule has 2 N–H and O–H groups in total. The number of halogens is 1. The normalized spacial score (nSPS) is 19.7. The van der Waals surface area contributed by atoms with Crippen molar-refractivity contribution in [3.8, 4) is 22.6 Å². The summed E-state index contributed by atoms with van der Waals surface area (Å²) in [6.07, 6.45) is 3.07. The fourth-order valence-electron chi connectivity index (χ4n) is 4.09. The molecule has 0 aromatic heterocycles. The SMILES string of the molecule is CCC1Oc2ccc(O)c(Cl)c2-c2ccc3c(c21)C(C)=CC(C)(C)N3. The number of hydrogen-bond donors (Lipinski definition) is 2. The summed E-state index contributed by atoms with van der Waals surface area (Å²) in [5, 5.41) is 14.0. The van der Waals surface area contributed by atoms with Crippen LogP contribution in [0.2, 0.25) is 5.02 Å². The summed E-state index contributed by atoms with van der Waals surface area (Å²) >= 11 is 6.43. The Bertz CT molecular complexity index is 915. The van der Waals surface area contributed by atoms with Gasteiger partial charge in [0.05, 0.1) is 10.6 Å². The number of allylic oxidation sites excluding steroid dienone is 1. The van der Waals surface area contributed by atoms with Gasteiger partial charge < -0.3 is 15.2 Å². The first-order valence-electron chi connectivity index (χ1n) is 8.66. The Morgan fingerprint density at radius 1 is 1.20 bits per heavy atom. The zero-order valence-electron chi connectivity index (χ0n) is 14.9. The molecule has 2 heterocycles. The van der Waals surface area contributed by atoms with Gasteiger partial charge in [0.15, 0.2) is 0 Å². The number of phenols is 1. The summed E-state index contributed by atoms with van der Waals surface area (Å²) in [5.74, 6) is 0.807. The monoisotopic (exact) mass is 355 g/mol. The Morgan fingerprint density at radius 3 is 2.68 bits per heavy atom. The van der Waals surface area contributed by atoms with Crippen LogP contribution in [-0.4, -0.2) is 10.6 Å². The van der Waals surface area contributed by atoms with Gasteiger partial charge in [0.1, 0.15) is 17.6 Å². The van der Waals surface area contributed by atoms with Gasteiger partial charge in [-0.1, -0.05) is 30.7 Å². The van der Waals surface area contributed by atoms with E-state index in [1.807, 2.05) is 0 Å². The largest absolute Gasteiger partial charge is 0.506 e. The zero-order chi connectivity index (χ0) is 17.9. The van der Waals surface area contributed by atoms with Crippen molar-refractivity contribution in [1.29, 1.82) is 0 Å². The summed E-state index contributed by atoms with van der Waals surface area (Å²) in [6.45, 7) is 8.60. The summed E-state index contributed by atoms with van der Waals surface area (Å²) in [7, 11) is 0. The van der Waals surface area contributed by atoms with Crippen LogP contribution in [0.3, 0.4) is 0 Å². The molecule has 4 heteroatoms. The van der Waals surface area contributed by atoms with E-state index in [0.717, 1.165) is 34.5 Å². The fraction of sp³-hybridized carbons (Fsp3) is 0.333. The molecule has 0 amide bonds. The highest BCUT2D eigenvalue weighted by molar-refractivity contribution is 6.35. The molecule has 25 heavy (non-hydrogen) atoms. The van der Waals surface area contributed by atoms with E-state index in [1.165, 1.54) is 11.1 Å². The third kappa shape index (κ3) is 2.41. The molecule has 0 bridgehead atoms. The molecule has 0 aliphatic carbocycles. The van der Waals surface area contributed by atoms with E-state index in [2.05, 4.69) is 51.2 Å². The van der Waals surface area contributed by atoms with E-state index in [4.69, 9.17) is 16.3 Å². The lowest BCUT2D eigenvalue weighted by atomic mass is 9.81. The second-order valence-corrected chi connectivity index (χ2v) is 7.79. The summed E-state index contributed by atoms with van der Waals surface area (Å²) in [5.41, 5.74) is 6.42. The van der Waals surface area contributed by atoms with E-state index in [-0.39, 0.29) is 17.4 Å². The minimum atomic E-state index is -0.0869. The molecule has 0 saturated heterocycles. The van der Waals surface area contributed by atoms with Gasteiger partial charge in [-0.05, 0) is 56.5 Å². The number of ether oxygens (including phenoxy) is 1. The number of benzene rings is 2. The van der Waals surface area contributed by atoms with Crippen LogP contribution in [0.1, 0.15) is 51.3 Å². The Morgan fingerprint density at radius 2 is 1.96 bits per heavy atom. The summed E-state index contributed by atoms with van der Waals surface area (Å²) in [4.78, 5) is 0. The summed E-state index contributed by atoms with van der Waals surface area (Å²) < 4.78 is 6.26. The van der Waals surface area contributed by atoms with Gasteiger partial charge in [-0.15, -0.1) is 0 Å². The van der Waals surface area contributed by atoms with Crippen molar-refractivity contribution in [3.05, 3.63) is 46.5 Å². The minimum Gasteiger partial charge on any atom is -0.506 e. The lowest BCUT2D eigenvalue weighted by Gasteiger charge is -2.37. The number of aromatic hydroxyl groups is 1. The smallest absolute Gasteiger partial charge is 0.135 e. The Hall–Kier alpha value is -2.13. The molecule has 0 spiro atoms. The topological polar surface area (TPSA) is 41.5 Å². The maximum atomic E-state index is 10.1.